The zero-order chi connectivity index (χ0) is 33.1. The van der Waals surface area contributed by atoms with E-state index in [4.69, 9.17) is 10.5 Å². The molecule has 1 amide bonds. The highest BCUT2D eigenvalue weighted by Gasteiger charge is 2.31. The number of alkyl halides is 3. The first-order valence-corrected chi connectivity index (χ1v) is 13.3. The highest BCUT2D eigenvalue weighted by Crippen LogP contribution is 2.35. The van der Waals surface area contributed by atoms with Gasteiger partial charge < -0.3 is 20.9 Å². The zero-order valence-electron chi connectivity index (χ0n) is 23.6. The molecule has 0 saturated carbocycles. The number of amides is 1. The second-order valence-corrected chi connectivity index (χ2v) is 9.87. The van der Waals surface area contributed by atoms with Crippen molar-refractivity contribution in [2.24, 2.45) is 5.73 Å². The molecular weight excluding hydrogens is 605 g/mol. The summed E-state index contributed by atoms with van der Waals surface area (Å²) in [5.41, 5.74) is 6.29. The Morgan fingerprint density at radius 1 is 1.20 bits per heavy atom. The van der Waals surface area contributed by atoms with Crippen molar-refractivity contribution in [3.8, 4) is 0 Å². The van der Waals surface area contributed by atoms with Crippen LogP contribution in [0.15, 0.2) is 55.3 Å². The number of aromatic nitrogens is 3. The third-order valence-electron chi connectivity index (χ3n) is 6.95. The molecular formula is C30H26F5N5O5. The van der Waals surface area contributed by atoms with Crippen LogP contribution in [0.5, 0.6) is 0 Å². The molecule has 2 aromatic carbocycles. The van der Waals surface area contributed by atoms with E-state index >= 15 is 0 Å². The number of halogens is 5. The minimum absolute atomic E-state index is 0.110. The van der Waals surface area contributed by atoms with Gasteiger partial charge in [-0.2, -0.15) is 18.3 Å². The van der Waals surface area contributed by atoms with E-state index in [1.54, 1.807) is 12.1 Å². The number of carbonyl (C=O) groups is 3. The van der Waals surface area contributed by atoms with Crippen LogP contribution in [-0.2, 0) is 23.9 Å². The molecule has 236 valence electrons. The summed E-state index contributed by atoms with van der Waals surface area (Å²) in [5.74, 6) is -4.21. The van der Waals surface area contributed by atoms with Crippen molar-refractivity contribution < 1.29 is 46.2 Å². The molecule has 10 nitrogen and oxygen atoms in total. The molecule has 5 rings (SSSR count). The van der Waals surface area contributed by atoms with Crippen LogP contribution in [0.25, 0.3) is 5.65 Å². The van der Waals surface area contributed by atoms with Crippen molar-refractivity contribution in [1.82, 2.24) is 19.9 Å². The van der Waals surface area contributed by atoms with Gasteiger partial charge in [0.2, 0.25) is 0 Å². The van der Waals surface area contributed by atoms with Gasteiger partial charge in [0.1, 0.15) is 18.1 Å². The molecule has 4 N–H and O–H groups in total. The van der Waals surface area contributed by atoms with E-state index < -0.39 is 46.9 Å². The van der Waals surface area contributed by atoms with Crippen LogP contribution in [-0.4, -0.2) is 44.2 Å². The summed E-state index contributed by atoms with van der Waals surface area (Å²) >= 11 is 0. The summed E-state index contributed by atoms with van der Waals surface area (Å²) in [6.45, 7) is 5.35. The van der Waals surface area contributed by atoms with Gasteiger partial charge in [-0.25, -0.2) is 27.9 Å². The average molecular weight is 632 g/mol. The number of ether oxygens (including phenoxy) is 1. The molecule has 45 heavy (non-hydrogen) atoms. The summed E-state index contributed by atoms with van der Waals surface area (Å²) in [6, 6.07) is 6.36. The van der Waals surface area contributed by atoms with E-state index in [9.17, 15) is 41.4 Å². The lowest BCUT2D eigenvalue weighted by atomic mass is 9.98. The summed E-state index contributed by atoms with van der Waals surface area (Å²) in [4.78, 5) is 40.3. The van der Waals surface area contributed by atoms with E-state index in [1.807, 2.05) is 6.92 Å². The first-order chi connectivity index (χ1) is 21.2. The maximum absolute atomic E-state index is 13.9. The molecule has 1 aliphatic rings. The molecule has 0 fully saturated rings. The molecule has 1 atom stereocenters. The second-order valence-electron chi connectivity index (χ2n) is 9.87. The molecule has 0 bridgehead atoms. The standard InChI is InChI=1S/C22H19FN4O5.C8H7F4N/c1-3-8-32-22(31)13-4-5-14-12(11(13)2)6-7-16(14)26-20(28)18-9-17(21(29)30)25-19-15(23)10-24-27(18)19;9-7-2-5(4-13)1-6(3-7)8(10,11)12/h3-5,9-10,16H,1,6-8H2,2H3,(H,26,28)(H,29,30);1-3H,4,13H2/t16-;/m0./s1. The number of benzene rings is 2. The van der Waals surface area contributed by atoms with Crippen molar-refractivity contribution >= 4 is 23.5 Å². The van der Waals surface area contributed by atoms with Crippen molar-refractivity contribution in [2.75, 3.05) is 6.61 Å². The number of aromatic carboxylic acids is 1. The molecule has 4 aromatic rings. The van der Waals surface area contributed by atoms with Crippen LogP contribution in [0.2, 0.25) is 0 Å². The lowest BCUT2D eigenvalue weighted by Gasteiger charge is -2.16. The number of rotatable bonds is 7. The topological polar surface area (TPSA) is 149 Å². The molecule has 0 saturated heterocycles. The summed E-state index contributed by atoms with van der Waals surface area (Å²) < 4.78 is 68.9. The lowest BCUT2D eigenvalue weighted by Crippen LogP contribution is -2.29. The molecule has 0 aliphatic heterocycles. The maximum atomic E-state index is 13.9. The first-order valence-electron chi connectivity index (χ1n) is 13.3. The van der Waals surface area contributed by atoms with Gasteiger partial charge in [0.25, 0.3) is 5.91 Å². The Labute approximate surface area is 252 Å². The number of nitrogens with one attached hydrogen (secondary N) is 1. The van der Waals surface area contributed by atoms with E-state index in [-0.39, 0.29) is 36.1 Å². The number of nitrogens with two attached hydrogens (primary N) is 1. The molecule has 2 aromatic heterocycles. The van der Waals surface area contributed by atoms with Crippen molar-refractivity contribution in [3.63, 3.8) is 0 Å². The third-order valence-corrected chi connectivity index (χ3v) is 6.95. The highest BCUT2D eigenvalue weighted by molar-refractivity contribution is 5.96. The zero-order valence-corrected chi connectivity index (χ0v) is 23.6. The lowest BCUT2D eigenvalue weighted by molar-refractivity contribution is -0.137. The van der Waals surface area contributed by atoms with Crippen molar-refractivity contribution in [3.05, 3.63) is 112 Å². The number of carboxylic acid groups (broad SMARTS) is 1. The summed E-state index contributed by atoms with van der Waals surface area (Å²) in [5, 5.41) is 15.9. The van der Waals surface area contributed by atoms with Crippen LogP contribution in [0, 0.1) is 18.6 Å². The van der Waals surface area contributed by atoms with Gasteiger partial charge in [-0.1, -0.05) is 18.7 Å². The molecule has 1 aliphatic carbocycles. The second kappa shape index (κ2) is 13.2. The minimum atomic E-state index is -4.52. The van der Waals surface area contributed by atoms with Crippen LogP contribution in [0.4, 0.5) is 22.0 Å². The van der Waals surface area contributed by atoms with E-state index in [1.165, 1.54) is 6.08 Å². The smallest absolute Gasteiger partial charge is 0.416 e. The Hall–Kier alpha value is -5.18. The Kier molecular flexibility index (Phi) is 9.61. The monoisotopic (exact) mass is 631 g/mol. The Morgan fingerprint density at radius 2 is 1.93 bits per heavy atom. The normalized spacial score (nSPS) is 13.9. The van der Waals surface area contributed by atoms with Crippen LogP contribution >= 0.6 is 0 Å². The maximum Gasteiger partial charge on any atom is 0.416 e. The predicted molar refractivity (Wildman–Crippen MR) is 149 cm³/mol. The molecule has 2 heterocycles. The Bertz CT molecular complexity index is 1800. The van der Waals surface area contributed by atoms with Gasteiger partial charge in [0, 0.05) is 12.6 Å². The number of esters is 1. The minimum Gasteiger partial charge on any atom is -0.477 e. The predicted octanol–water partition coefficient (Wildman–Crippen LogP) is 4.94. The third kappa shape index (κ3) is 7.15. The van der Waals surface area contributed by atoms with Crippen LogP contribution < -0.4 is 11.1 Å². The summed E-state index contributed by atoms with van der Waals surface area (Å²) in [7, 11) is 0. The average Bonchev–Trinajstić information content (AvgIpc) is 3.58. The van der Waals surface area contributed by atoms with E-state index in [0.717, 1.165) is 45.6 Å². The number of nitrogens with zero attached hydrogens (tertiary/aromatic N) is 3. The largest absolute Gasteiger partial charge is 0.477 e. The van der Waals surface area contributed by atoms with Gasteiger partial charge in [-0.15, -0.1) is 0 Å². The number of carbonyl (C=O) groups excluding carboxylic acids is 2. The molecule has 0 radical (unpaired) electrons. The van der Waals surface area contributed by atoms with Crippen molar-refractivity contribution in [2.45, 2.75) is 38.5 Å². The first kappa shape index (κ1) is 32.7. The number of hydrogen-bond donors (Lipinski definition) is 3. The Balaban J connectivity index is 0.000000297. The quantitative estimate of drug-likeness (QED) is 0.148. The van der Waals surface area contributed by atoms with Crippen LogP contribution in [0.1, 0.15) is 71.6 Å². The van der Waals surface area contributed by atoms with Gasteiger partial charge in [-0.05, 0) is 66.3 Å². The number of carboxylic acids is 1. The Morgan fingerprint density at radius 3 is 2.58 bits per heavy atom. The number of hydrogen-bond acceptors (Lipinski definition) is 7. The van der Waals surface area contributed by atoms with E-state index in [0.29, 0.717) is 24.5 Å². The van der Waals surface area contributed by atoms with E-state index in [2.05, 4.69) is 22.0 Å². The summed E-state index contributed by atoms with van der Waals surface area (Å²) in [6.07, 6.45) is -0.945. The fourth-order valence-electron chi connectivity index (χ4n) is 4.84. The SMILES string of the molecule is C=CCOC(=O)c1ccc2c(c1C)CC[C@@H]2NC(=O)c1cc(C(=O)O)nc2c(F)cnn12.NCc1cc(F)cc(C(F)(F)F)c1. The fourth-order valence-corrected chi connectivity index (χ4v) is 4.84. The van der Waals surface area contributed by atoms with Gasteiger partial charge in [-0.3, -0.25) is 4.79 Å². The van der Waals surface area contributed by atoms with Crippen molar-refractivity contribution in [1.29, 1.82) is 0 Å². The molecule has 0 spiro atoms. The highest BCUT2D eigenvalue weighted by atomic mass is 19.4. The van der Waals surface area contributed by atoms with Gasteiger partial charge in [0.05, 0.1) is 23.4 Å². The van der Waals surface area contributed by atoms with Gasteiger partial charge >= 0.3 is 18.1 Å². The molecule has 0 unspecified atom stereocenters. The molecule has 15 heteroatoms. The number of fused-ring (bicyclic) bond motifs is 2. The van der Waals surface area contributed by atoms with Crippen LogP contribution in [0.3, 0.4) is 0 Å². The fraction of sp³-hybridized carbons (Fsp3) is 0.233. The van der Waals surface area contributed by atoms with Gasteiger partial charge in [0.15, 0.2) is 17.2 Å².